The van der Waals surface area contributed by atoms with Crippen LogP contribution in [0.5, 0.6) is 0 Å². The summed E-state index contributed by atoms with van der Waals surface area (Å²) in [5.41, 5.74) is 2.45. The molecule has 0 fully saturated rings. The number of hydrogen-bond donors (Lipinski definition) is 0. The molecule has 92 valence electrons. The van der Waals surface area contributed by atoms with Crippen molar-refractivity contribution in [1.82, 2.24) is 0 Å². The Hall–Kier alpha value is -1.40. The summed E-state index contributed by atoms with van der Waals surface area (Å²) in [6.45, 7) is 2.18. The van der Waals surface area contributed by atoms with Gasteiger partial charge in [-0.3, -0.25) is 0 Å². The molecule has 0 saturated carbocycles. The third-order valence-corrected chi connectivity index (χ3v) is 4.67. The molecule has 2 aromatic rings. The van der Waals surface area contributed by atoms with Crippen LogP contribution in [0.3, 0.4) is 0 Å². The third kappa shape index (κ3) is 3.54. The van der Waals surface area contributed by atoms with E-state index >= 15 is 0 Å². The van der Waals surface area contributed by atoms with E-state index < -0.39 is 17.9 Å². The van der Waals surface area contributed by atoms with Crippen LogP contribution in [-0.4, -0.2) is 10.9 Å². The quantitative estimate of drug-likeness (QED) is 0.624. The van der Waals surface area contributed by atoms with E-state index in [2.05, 4.69) is 43.3 Å². The van der Waals surface area contributed by atoms with Crippen molar-refractivity contribution < 1.29 is 17.9 Å². The van der Waals surface area contributed by atoms with Gasteiger partial charge in [0.25, 0.3) is 0 Å². The molecular weight excluding hydrogens is 304 g/mol. The van der Waals surface area contributed by atoms with Gasteiger partial charge in [0.15, 0.2) is 0 Å². The molecule has 18 heavy (non-hydrogen) atoms. The summed E-state index contributed by atoms with van der Waals surface area (Å²) in [5.74, 6) is 0. The van der Waals surface area contributed by atoms with E-state index in [0.717, 1.165) is 5.69 Å². The summed E-state index contributed by atoms with van der Waals surface area (Å²) in [4.78, 5) is 0. The van der Waals surface area contributed by atoms with Crippen LogP contribution in [0.15, 0.2) is 64.3 Å². The van der Waals surface area contributed by atoms with Gasteiger partial charge in [-0.2, -0.15) is 0 Å². The first-order valence-corrected chi connectivity index (χ1v) is 7.73. The van der Waals surface area contributed by atoms with Crippen molar-refractivity contribution in [3.05, 3.63) is 66.2 Å². The summed E-state index contributed by atoms with van der Waals surface area (Å²) >= 11 is -0.503. The van der Waals surface area contributed by atoms with Crippen LogP contribution >= 0.6 is 0 Å². The van der Waals surface area contributed by atoms with Gasteiger partial charge in [-0.25, -0.2) is 0 Å². The van der Waals surface area contributed by atoms with Gasteiger partial charge in [0.1, 0.15) is 0 Å². The first-order valence-electron chi connectivity index (χ1n) is 5.83. The van der Waals surface area contributed by atoms with E-state index in [1.54, 1.807) is 0 Å². The summed E-state index contributed by atoms with van der Waals surface area (Å²) < 4.78 is 6.10. The van der Waals surface area contributed by atoms with E-state index in [9.17, 15) is 0 Å². The number of anilines is 1. The number of benzene rings is 2. The molecule has 3 heteroatoms. The Morgan fingerprint density at radius 2 is 1.50 bits per heavy atom. The molecule has 0 bridgehead atoms. The van der Waals surface area contributed by atoms with E-state index in [1.807, 2.05) is 36.3 Å². The van der Waals surface area contributed by atoms with Crippen LogP contribution in [-0.2, 0) is 17.9 Å². The zero-order valence-electron chi connectivity index (χ0n) is 10.6. The minimum atomic E-state index is -0.503. The summed E-state index contributed by atoms with van der Waals surface area (Å²) in [6.07, 6.45) is 0. The van der Waals surface area contributed by atoms with Gasteiger partial charge in [-0.1, -0.05) is 0 Å². The molecule has 2 rings (SSSR count). The van der Waals surface area contributed by atoms with Gasteiger partial charge < -0.3 is 0 Å². The average Bonchev–Trinajstić information content (AvgIpc) is 2.46. The summed E-state index contributed by atoms with van der Waals surface area (Å²) in [5, 5.41) is 1.98. The third-order valence-electron chi connectivity index (χ3n) is 2.61. The zero-order chi connectivity index (χ0) is 12.8. The Balaban J connectivity index is 2.20. The molecule has 0 radical (unpaired) electrons. The molecule has 0 unspecified atom stereocenters. The number of para-hydroxylation sites is 1. The molecule has 0 aromatic heterocycles. The van der Waals surface area contributed by atoms with Crippen molar-refractivity contribution in [2.45, 2.75) is 6.92 Å². The second-order valence-corrected chi connectivity index (χ2v) is 6.31. The molecule has 0 atom stereocenters. The minimum absolute atomic E-state index is 0.503. The van der Waals surface area contributed by atoms with Crippen molar-refractivity contribution in [3.8, 4) is 0 Å². The molecular formula is C15H16MoN2. The first kappa shape index (κ1) is 13.0. The van der Waals surface area contributed by atoms with E-state index in [0.29, 0.717) is 0 Å². The van der Waals surface area contributed by atoms with Gasteiger partial charge in [0.05, 0.1) is 0 Å². The van der Waals surface area contributed by atoms with Gasteiger partial charge in [0.2, 0.25) is 0 Å². The Morgan fingerprint density at radius 3 is 2.11 bits per heavy atom. The summed E-state index contributed by atoms with van der Waals surface area (Å²) in [6, 6.07) is 20.8. The van der Waals surface area contributed by atoms with Crippen LogP contribution in [0.1, 0.15) is 12.5 Å². The van der Waals surface area contributed by atoms with Crippen LogP contribution in [0.25, 0.3) is 0 Å². The predicted molar refractivity (Wildman–Crippen MR) is 73.5 cm³/mol. The Labute approximate surface area is 116 Å². The van der Waals surface area contributed by atoms with E-state index in [-0.39, 0.29) is 0 Å². The molecule has 0 aliphatic heterocycles. The Morgan fingerprint density at radius 1 is 0.944 bits per heavy atom. The predicted octanol–water partition coefficient (Wildman–Crippen LogP) is 3.54. The molecule has 2 nitrogen and oxygen atoms in total. The molecule has 0 aliphatic rings. The fourth-order valence-electron chi connectivity index (χ4n) is 1.54. The first-order chi connectivity index (χ1) is 8.77. The molecule has 0 spiro atoms. The fourth-order valence-corrected chi connectivity index (χ4v) is 2.97. The molecule has 0 aliphatic carbocycles. The molecule has 2 aromatic carbocycles. The molecule has 0 heterocycles. The average molecular weight is 320 g/mol. The molecule has 0 N–H and O–H groups in total. The normalized spacial score (nSPS) is 9.67. The second-order valence-electron chi connectivity index (χ2n) is 3.95. The van der Waals surface area contributed by atoms with Gasteiger partial charge in [-0.15, -0.1) is 0 Å². The molecule has 0 amide bonds. The van der Waals surface area contributed by atoms with Crippen LogP contribution < -0.4 is 5.01 Å². The number of rotatable bonds is 3. The zero-order valence-corrected chi connectivity index (χ0v) is 12.6. The van der Waals surface area contributed by atoms with Gasteiger partial charge in [0, 0.05) is 0 Å². The van der Waals surface area contributed by atoms with Crippen molar-refractivity contribution in [2.24, 2.45) is 3.60 Å². The topological polar surface area (TPSA) is 15.6 Å². The monoisotopic (exact) mass is 322 g/mol. The second kappa shape index (κ2) is 6.51. The Bertz CT molecular complexity index is 558. The van der Waals surface area contributed by atoms with Crippen LogP contribution in [0.4, 0.5) is 5.69 Å². The molecule has 0 saturated heterocycles. The van der Waals surface area contributed by atoms with Crippen LogP contribution in [0.2, 0.25) is 0 Å². The van der Waals surface area contributed by atoms with Crippen LogP contribution in [0, 0.1) is 0 Å². The Kier molecular flexibility index (Phi) is 4.72. The van der Waals surface area contributed by atoms with Crippen molar-refractivity contribution in [1.29, 1.82) is 0 Å². The standard InChI is InChI=1S/C8H8.C7H8N2.Mo/c1-2-8-6-4-3-5-7-8;1-9(8)7-5-3-2-4-6-7;/h3-7H,1H3;2-6H,1H3;. The summed E-state index contributed by atoms with van der Waals surface area (Å²) in [7, 11) is 2.01. The SMILES string of the molecule is C[C](=[Mo]=[N]N(C)c1ccccc1)c1ccccc1. The maximum absolute atomic E-state index is 4.70. The van der Waals surface area contributed by atoms with Crippen molar-refractivity contribution in [2.75, 3.05) is 12.1 Å². The van der Waals surface area contributed by atoms with E-state index in [4.69, 9.17) is 3.60 Å². The van der Waals surface area contributed by atoms with E-state index in [1.165, 1.54) is 9.46 Å². The number of nitrogens with zero attached hydrogens (tertiary/aromatic N) is 2. The van der Waals surface area contributed by atoms with Gasteiger partial charge in [-0.05, 0) is 0 Å². The van der Waals surface area contributed by atoms with Gasteiger partial charge >= 0.3 is 116 Å². The van der Waals surface area contributed by atoms with Crippen molar-refractivity contribution >= 4 is 9.59 Å². The van der Waals surface area contributed by atoms with Crippen molar-refractivity contribution in [3.63, 3.8) is 0 Å². The maximum atomic E-state index is 4.70. The number of hydrogen-bond acceptors (Lipinski definition) is 2. The fraction of sp³-hybridized carbons (Fsp3) is 0.133.